The highest BCUT2D eigenvalue weighted by molar-refractivity contribution is 7.80. The Kier molecular flexibility index (Phi) is 7.23. The summed E-state index contributed by atoms with van der Waals surface area (Å²) in [6, 6.07) is 25.8. The number of nitrogens with one attached hydrogen (secondary N) is 2. The molecule has 1 aliphatic rings. The fourth-order valence-electron chi connectivity index (χ4n) is 4.54. The maximum Gasteiger partial charge on any atom is 0.170 e. The molecule has 1 saturated heterocycles. The molecule has 1 fully saturated rings. The first-order chi connectivity index (χ1) is 17.1. The van der Waals surface area contributed by atoms with Gasteiger partial charge in [-0.15, -0.1) is 0 Å². The van der Waals surface area contributed by atoms with Gasteiger partial charge in [-0.1, -0.05) is 47.5 Å². The van der Waals surface area contributed by atoms with Crippen LogP contribution in [0.15, 0.2) is 91.3 Å². The molecular formula is C27H25Cl2N5S. The monoisotopic (exact) mass is 521 g/mol. The Hall–Kier alpha value is -3.06. The van der Waals surface area contributed by atoms with E-state index in [1.54, 1.807) is 6.07 Å². The molecule has 2 aromatic carbocycles. The Morgan fingerprint density at radius 2 is 1.80 bits per heavy atom. The number of aromatic nitrogens is 2. The Morgan fingerprint density at radius 3 is 2.57 bits per heavy atom. The number of para-hydroxylation sites is 1. The van der Waals surface area contributed by atoms with Crippen molar-refractivity contribution in [2.24, 2.45) is 0 Å². The molecule has 35 heavy (non-hydrogen) atoms. The van der Waals surface area contributed by atoms with Crippen molar-refractivity contribution in [3.05, 3.63) is 113 Å². The lowest BCUT2D eigenvalue weighted by atomic mass is 10.0. The van der Waals surface area contributed by atoms with E-state index < -0.39 is 0 Å². The van der Waals surface area contributed by atoms with Gasteiger partial charge in [0.15, 0.2) is 5.11 Å². The van der Waals surface area contributed by atoms with Gasteiger partial charge in [0, 0.05) is 41.9 Å². The van der Waals surface area contributed by atoms with Crippen molar-refractivity contribution < 1.29 is 0 Å². The van der Waals surface area contributed by atoms with Crippen LogP contribution in [0, 0.1) is 0 Å². The largest absolute Gasteiger partial charge is 0.385 e. The third kappa shape index (κ3) is 5.15. The maximum absolute atomic E-state index is 6.60. The molecule has 4 aromatic rings. The zero-order valence-corrected chi connectivity index (χ0v) is 21.3. The minimum absolute atomic E-state index is 0.0594. The molecule has 0 bridgehead atoms. The predicted octanol–water partition coefficient (Wildman–Crippen LogP) is 6.65. The summed E-state index contributed by atoms with van der Waals surface area (Å²) in [6.07, 6.45) is 4.76. The van der Waals surface area contributed by atoms with Crippen molar-refractivity contribution in [3.8, 4) is 5.69 Å². The lowest BCUT2D eigenvalue weighted by Crippen LogP contribution is -2.32. The van der Waals surface area contributed by atoms with Crippen LogP contribution in [0.2, 0.25) is 10.0 Å². The van der Waals surface area contributed by atoms with Gasteiger partial charge >= 0.3 is 0 Å². The number of anilines is 1. The van der Waals surface area contributed by atoms with Crippen molar-refractivity contribution >= 4 is 46.2 Å². The van der Waals surface area contributed by atoms with Gasteiger partial charge in [-0.05, 0) is 73.2 Å². The molecular weight excluding hydrogens is 497 g/mol. The second kappa shape index (κ2) is 10.7. The third-order valence-corrected chi connectivity index (χ3v) is 7.02. The lowest BCUT2D eigenvalue weighted by Gasteiger charge is -2.29. The van der Waals surface area contributed by atoms with Gasteiger partial charge < -0.3 is 20.1 Å². The first-order valence-corrected chi connectivity index (χ1v) is 12.7. The van der Waals surface area contributed by atoms with Crippen molar-refractivity contribution in [1.82, 2.24) is 19.8 Å². The van der Waals surface area contributed by atoms with E-state index in [9.17, 15) is 0 Å². The quantitative estimate of drug-likeness (QED) is 0.200. The standard InChI is InChI=1S/C27H25Cl2N5S/c28-19-12-13-23(21(29)18-19)33-16-6-11-24(33)26-25(22-10-4-5-14-31-22)32-27(35)34(26)17-7-15-30-20-8-2-1-3-9-20/h1-6,8-14,16,18,25-26,30H,7,15,17H2,(H,32,35)/t25-,26+/m0/s1. The van der Waals surface area contributed by atoms with Crippen molar-refractivity contribution in [3.63, 3.8) is 0 Å². The van der Waals surface area contributed by atoms with Gasteiger partial charge in [-0.3, -0.25) is 4.98 Å². The van der Waals surface area contributed by atoms with Crippen LogP contribution in [-0.4, -0.2) is 32.7 Å². The molecule has 0 saturated carbocycles. The molecule has 8 heteroatoms. The molecule has 2 atom stereocenters. The summed E-state index contributed by atoms with van der Waals surface area (Å²) in [4.78, 5) is 6.90. The first kappa shape index (κ1) is 23.7. The van der Waals surface area contributed by atoms with E-state index in [-0.39, 0.29) is 12.1 Å². The average molecular weight is 523 g/mol. The van der Waals surface area contributed by atoms with E-state index in [0.29, 0.717) is 10.0 Å². The molecule has 0 spiro atoms. The average Bonchev–Trinajstić information content (AvgIpc) is 3.47. The SMILES string of the molecule is S=C1N[C@@H](c2ccccn2)[C@@H](c2cccn2-c2ccc(Cl)cc2Cl)N1CCCNc1ccccc1. The first-order valence-electron chi connectivity index (χ1n) is 11.5. The highest BCUT2D eigenvalue weighted by atomic mass is 35.5. The Balaban J connectivity index is 1.44. The molecule has 0 aliphatic carbocycles. The minimum Gasteiger partial charge on any atom is -0.385 e. The summed E-state index contributed by atoms with van der Waals surface area (Å²) < 4.78 is 2.12. The molecule has 3 heterocycles. The number of benzene rings is 2. The van der Waals surface area contributed by atoms with Gasteiger partial charge in [0.25, 0.3) is 0 Å². The Morgan fingerprint density at radius 1 is 0.971 bits per heavy atom. The van der Waals surface area contributed by atoms with Crippen LogP contribution in [0.1, 0.15) is 29.9 Å². The topological polar surface area (TPSA) is 45.1 Å². The number of thiocarbonyl (C=S) groups is 1. The van der Waals surface area contributed by atoms with E-state index in [0.717, 1.165) is 47.4 Å². The molecule has 2 aromatic heterocycles. The van der Waals surface area contributed by atoms with Crippen LogP contribution in [-0.2, 0) is 0 Å². The molecule has 0 unspecified atom stereocenters. The molecule has 1 aliphatic heterocycles. The fourth-order valence-corrected chi connectivity index (χ4v) is 5.37. The van der Waals surface area contributed by atoms with Crippen molar-refractivity contribution in [1.29, 1.82) is 0 Å². The van der Waals surface area contributed by atoms with Crippen LogP contribution in [0.4, 0.5) is 5.69 Å². The third-order valence-electron chi connectivity index (χ3n) is 6.13. The Labute approximate surface area is 220 Å². The summed E-state index contributed by atoms with van der Waals surface area (Å²) in [6.45, 7) is 1.63. The molecule has 178 valence electrons. The lowest BCUT2D eigenvalue weighted by molar-refractivity contribution is 0.307. The van der Waals surface area contributed by atoms with Crippen molar-refractivity contribution in [2.75, 3.05) is 18.4 Å². The van der Waals surface area contributed by atoms with Crippen LogP contribution in [0.5, 0.6) is 0 Å². The number of nitrogens with zero attached hydrogens (tertiary/aromatic N) is 3. The van der Waals surface area contributed by atoms with E-state index in [2.05, 4.69) is 43.3 Å². The van der Waals surface area contributed by atoms with Gasteiger partial charge in [0.05, 0.1) is 28.5 Å². The van der Waals surface area contributed by atoms with Crippen LogP contribution in [0.25, 0.3) is 5.69 Å². The van der Waals surface area contributed by atoms with E-state index in [4.69, 9.17) is 35.4 Å². The van der Waals surface area contributed by atoms with Gasteiger partial charge in [-0.25, -0.2) is 0 Å². The second-order valence-electron chi connectivity index (χ2n) is 8.37. The molecule has 5 rings (SSSR count). The molecule has 0 amide bonds. The van der Waals surface area contributed by atoms with E-state index in [1.165, 1.54) is 0 Å². The summed E-state index contributed by atoms with van der Waals surface area (Å²) in [5.41, 5.74) is 4.01. The second-order valence-corrected chi connectivity index (χ2v) is 9.60. The van der Waals surface area contributed by atoms with Crippen LogP contribution < -0.4 is 10.6 Å². The van der Waals surface area contributed by atoms with Crippen LogP contribution in [0.3, 0.4) is 0 Å². The number of pyridine rings is 1. The number of rotatable bonds is 8. The highest BCUT2D eigenvalue weighted by Crippen LogP contribution is 2.40. The normalized spacial score (nSPS) is 17.4. The summed E-state index contributed by atoms with van der Waals surface area (Å²) >= 11 is 18.6. The molecule has 2 N–H and O–H groups in total. The van der Waals surface area contributed by atoms with Gasteiger partial charge in [-0.2, -0.15) is 0 Å². The van der Waals surface area contributed by atoms with Crippen molar-refractivity contribution in [2.45, 2.75) is 18.5 Å². The zero-order chi connectivity index (χ0) is 24.2. The summed E-state index contributed by atoms with van der Waals surface area (Å²) in [5, 5.41) is 8.94. The zero-order valence-electron chi connectivity index (χ0n) is 18.9. The smallest absolute Gasteiger partial charge is 0.170 e. The van der Waals surface area contributed by atoms with E-state index in [1.807, 2.05) is 67.0 Å². The van der Waals surface area contributed by atoms with Crippen LogP contribution >= 0.6 is 35.4 Å². The summed E-state index contributed by atoms with van der Waals surface area (Å²) in [5.74, 6) is 0. The number of hydrogen-bond donors (Lipinski definition) is 2. The van der Waals surface area contributed by atoms with Gasteiger partial charge in [0.2, 0.25) is 0 Å². The Bertz CT molecular complexity index is 1300. The van der Waals surface area contributed by atoms with E-state index >= 15 is 0 Å². The number of halogens is 2. The van der Waals surface area contributed by atoms with Gasteiger partial charge in [0.1, 0.15) is 0 Å². The summed E-state index contributed by atoms with van der Waals surface area (Å²) in [7, 11) is 0. The predicted molar refractivity (Wildman–Crippen MR) is 147 cm³/mol. The highest BCUT2D eigenvalue weighted by Gasteiger charge is 2.41. The maximum atomic E-state index is 6.60. The molecule has 5 nitrogen and oxygen atoms in total. The fraction of sp³-hybridized carbons (Fsp3) is 0.185. The minimum atomic E-state index is -0.0921. The molecule has 0 radical (unpaired) electrons. The number of hydrogen-bond acceptors (Lipinski definition) is 3.